The van der Waals surface area contributed by atoms with E-state index >= 15 is 0 Å². The molecule has 0 fully saturated rings. The van der Waals surface area contributed by atoms with Crippen LogP contribution in [0, 0.1) is 0 Å². The standard InChI is InChI=1S/C11H13FO3/c1-11(12,14-2)10(13)15-8-9-6-4-3-5-7-9/h3-7H,8H2,1-2H3. The number of rotatable bonds is 4. The molecule has 1 unspecified atom stereocenters. The quantitative estimate of drug-likeness (QED) is 0.716. The highest BCUT2D eigenvalue weighted by molar-refractivity contribution is 5.77. The van der Waals surface area contributed by atoms with Crippen molar-refractivity contribution in [2.75, 3.05) is 7.11 Å². The van der Waals surface area contributed by atoms with E-state index in [-0.39, 0.29) is 6.61 Å². The van der Waals surface area contributed by atoms with Gasteiger partial charge in [-0.2, -0.15) is 4.39 Å². The summed E-state index contributed by atoms with van der Waals surface area (Å²) in [6.07, 6.45) is 0. The molecule has 0 radical (unpaired) electrons. The van der Waals surface area contributed by atoms with Gasteiger partial charge in [0, 0.05) is 14.0 Å². The number of halogens is 1. The Morgan fingerprint density at radius 3 is 2.53 bits per heavy atom. The fourth-order valence-electron chi connectivity index (χ4n) is 0.935. The Bertz CT molecular complexity index is 322. The van der Waals surface area contributed by atoms with Crippen LogP contribution in [0.5, 0.6) is 0 Å². The predicted molar refractivity (Wildman–Crippen MR) is 52.8 cm³/mol. The number of alkyl halides is 1. The summed E-state index contributed by atoms with van der Waals surface area (Å²) in [4.78, 5) is 11.1. The number of carbonyl (C=O) groups is 1. The zero-order valence-corrected chi connectivity index (χ0v) is 8.70. The second-order valence-corrected chi connectivity index (χ2v) is 3.18. The molecular formula is C11H13FO3. The van der Waals surface area contributed by atoms with Crippen LogP contribution in [0.15, 0.2) is 30.3 Å². The molecule has 0 saturated carbocycles. The molecule has 82 valence electrons. The highest BCUT2D eigenvalue weighted by atomic mass is 19.2. The molecule has 1 aromatic carbocycles. The second-order valence-electron chi connectivity index (χ2n) is 3.18. The maximum atomic E-state index is 13.2. The van der Waals surface area contributed by atoms with Crippen molar-refractivity contribution in [3.8, 4) is 0 Å². The van der Waals surface area contributed by atoms with E-state index in [1.165, 1.54) is 0 Å². The van der Waals surface area contributed by atoms with Crippen LogP contribution in [0.1, 0.15) is 12.5 Å². The topological polar surface area (TPSA) is 35.5 Å². The van der Waals surface area contributed by atoms with Gasteiger partial charge in [-0.25, -0.2) is 4.79 Å². The molecule has 0 N–H and O–H groups in total. The average Bonchev–Trinajstić information content (AvgIpc) is 2.27. The lowest BCUT2D eigenvalue weighted by Crippen LogP contribution is -2.33. The molecule has 3 nitrogen and oxygen atoms in total. The van der Waals surface area contributed by atoms with Crippen molar-refractivity contribution in [1.82, 2.24) is 0 Å². The molecule has 0 amide bonds. The fraction of sp³-hybridized carbons (Fsp3) is 0.364. The van der Waals surface area contributed by atoms with E-state index in [2.05, 4.69) is 4.74 Å². The number of hydrogen-bond donors (Lipinski definition) is 0. The molecule has 15 heavy (non-hydrogen) atoms. The maximum absolute atomic E-state index is 13.2. The van der Waals surface area contributed by atoms with Gasteiger partial charge in [-0.1, -0.05) is 30.3 Å². The maximum Gasteiger partial charge on any atom is 0.372 e. The lowest BCUT2D eigenvalue weighted by molar-refractivity contribution is -0.190. The lowest BCUT2D eigenvalue weighted by Gasteiger charge is -2.16. The minimum Gasteiger partial charge on any atom is -0.457 e. The first kappa shape index (κ1) is 11.7. The van der Waals surface area contributed by atoms with Crippen LogP contribution in [0.3, 0.4) is 0 Å². The van der Waals surface area contributed by atoms with E-state index < -0.39 is 11.8 Å². The van der Waals surface area contributed by atoms with Crippen molar-refractivity contribution in [3.63, 3.8) is 0 Å². The largest absolute Gasteiger partial charge is 0.457 e. The van der Waals surface area contributed by atoms with Crippen molar-refractivity contribution in [3.05, 3.63) is 35.9 Å². The Morgan fingerprint density at radius 2 is 2.00 bits per heavy atom. The van der Waals surface area contributed by atoms with E-state index in [0.29, 0.717) is 0 Å². The van der Waals surface area contributed by atoms with Crippen molar-refractivity contribution in [2.45, 2.75) is 19.4 Å². The summed E-state index contributed by atoms with van der Waals surface area (Å²) in [6.45, 7) is 1.06. The molecule has 0 aliphatic rings. The molecule has 0 aliphatic carbocycles. The minimum atomic E-state index is -2.38. The summed E-state index contributed by atoms with van der Waals surface area (Å²) >= 11 is 0. The predicted octanol–water partition coefficient (Wildman–Crippen LogP) is 2.06. The van der Waals surface area contributed by atoms with E-state index in [1.54, 1.807) is 12.1 Å². The molecule has 0 aromatic heterocycles. The van der Waals surface area contributed by atoms with Gasteiger partial charge in [0.25, 0.3) is 0 Å². The Morgan fingerprint density at radius 1 is 1.40 bits per heavy atom. The summed E-state index contributed by atoms with van der Waals surface area (Å²) in [5.41, 5.74) is 0.803. The Balaban J connectivity index is 2.48. The Kier molecular flexibility index (Phi) is 3.80. The lowest BCUT2D eigenvalue weighted by atomic mass is 10.2. The summed E-state index contributed by atoms with van der Waals surface area (Å²) < 4.78 is 22.3. The Hall–Kier alpha value is -1.42. The SMILES string of the molecule is COC(C)(F)C(=O)OCc1ccccc1. The van der Waals surface area contributed by atoms with Gasteiger partial charge in [-0.3, -0.25) is 0 Å². The van der Waals surface area contributed by atoms with Gasteiger partial charge < -0.3 is 9.47 Å². The smallest absolute Gasteiger partial charge is 0.372 e. The molecule has 4 heteroatoms. The molecule has 1 rings (SSSR count). The number of hydrogen-bond acceptors (Lipinski definition) is 3. The van der Waals surface area contributed by atoms with Gasteiger partial charge >= 0.3 is 11.8 Å². The first-order chi connectivity index (χ1) is 7.06. The second kappa shape index (κ2) is 4.89. The van der Waals surface area contributed by atoms with Crippen LogP contribution in [0.4, 0.5) is 4.39 Å². The number of methoxy groups -OCH3 is 1. The number of benzene rings is 1. The summed E-state index contributed by atoms with van der Waals surface area (Å²) in [6, 6.07) is 9.05. The number of esters is 1. The first-order valence-corrected chi connectivity index (χ1v) is 4.51. The van der Waals surface area contributed by atoms with Crippen molar-refractivity contribution in [1.29, 1.82) is 0 Å². The van der Waals surface area contributed by atoms with Crippen LogP contribution >= 0.6 is 0 Å². The number of carbonyl (C=O) groups excluding carboxylic acids is 1. The molecule has 1 atom stereocenters. The molecule has 0 spiro atoms. The summed E-state index contributed by atoms with van der Waals surface area (Å²) in [5, 5.41) is 0. The normalized spacial score (nSPS) is 14.3. The van der Waals surface area contributed by atoms with E-state index in [9.17, 15) is 9.18 Å². The van der Waals surface area contributed by atoms with Gasteiger partial charge in [-0.05, 0) is 5.56 Å². The van der Waals surface area contributed by atoms with Crippen LogP contribution in [0.2, 0.25) is 0 Å². The van der Waals surface area contributed by atoms with Crippen LogP contribution < -0.4 is 0 Å². The average molecular weight is 212 g/mol. The summed E-state index contributed by atoms with van der Waals surface area (Å²) in [5.74, 6) is -3.40. The van der Waals surface area contributed by atoms with Crippen LogP contribution in [-0.2, 0) is 20.9 Å². The van der Waals surface area contributed by atoms with Crippen LogP contribution in [0.25, 0.3) is 0 Å². The fourth-order valence-corrected chi connectivity index (χ4v) is 0.935. The van der Waals surface area contributed by atoms with Crippen molar-refractivity contribution >= 4 is 5.97 Å². The third kappa shape index (κ3) is 3.32. The third-order valence-electron chi connectivity index (χ3n) is 1.96. The van der Waals surface area contributed by atoms with E-state index in [1.807, 2.05) is 18.2 Å². The molecule has 0 bridgehead atoms. The van der Waals surface area contributed by atoms with E-state index in [4.69, 9.17) is 4.74 Å². The van der Waals surface area contributed by atoms with Crippen molar-refractivity contribution in [2.24, 2.45) is 0 Å². The zero-order valence-electron chi connectivity index (χ0n) is 8.70. The van der Waals surface area contributed by atoms with Crippen molar-refractivity contribution < 1.29 is 18.7 Å². The highest BCUT2D eigenvalue weighted by Gasteiger charge is 2.34. The Labute approximate surface area is 87.8 Å². The first-order valence-electron chi connectivity index (χ1n) is 4.51. The van der Waals surface area contributed by atoms with Gasteiger partial charge in [0.2, 0.25) is 0 Å². The molecular weight excluding hydrogens is 199 g/mol. The molecule has 1 aromatic rings. The molecule has 0 saturated heterocycles. The highest BCUT2D eigenvalue weighted by Crippen LogP contribution is 2.14. The zero-order chi connectivity index (χ0) is 11.3. The number of ether oxygens (including phenoxy) is 2. The van der Waals surface area contributed by atoms with Gasteiger partial charge in [-0.15, -0.1) is 0 Å². The molecule has 0 aliphatic heterocycles. The summed E-state index contributed by atoms with van der Waals surface area (Å²) in [7, 11) is 1.11. The third-order valence-corrected chi connectivity index (χ3v) is 1.96. The minimum absolute atomic E-state index is 0.0442. The van der Waals surface area contributed by atoms with Gasteiger partial charge in [0.15, 0.2) is 0 Å². The van der Waals surface area contributed by atoms with Gasteiger partial charge in [0.1, 0.15) is 6.61 Å². The monoisotopic (exact) mass is 212 g/mol. The van der Waals surface area contributed by atoms with Gasteiger partial charge in [0.05, 0.1) is 0 Å². The van der Waals surface area contributed by atoms with Crippen LogP contribution in [-0.4, -0.2) is 18.9 Å². The molecule has 0 heterocycles. The van der Waals surface area contributed by atoms with E-state index in [0.717, 1.165) is 19.6 Å².